The van der Waals surface area contributed by atoms with Crippen molar-refractivity contribution in [3.8, 4) is 0 Å². The molecule has 0 spiro atoms. The molecule has 0 unspecified atom stereocenters. The Hall–Kier alpha value is -0.960. The lowest BCUT2D eigenvalue weighted by Crippen LogP contribution is -2.40. The van der Waals surface area contributed by atoms with Crippen molar-refractivity contribution in [3.05, 3.63) is 28.2 Å². The van der Waals surface area contributed by atoms with Gasteiger partial charge in [0.1, 0.15) is 6.10 Å². The Morgan fingerprint density at radius 1 is 1.46 bits per heavy atom. The molecule has 1 aliphatic heterocycles. The highest BCUT2D eigenvalue weighted by atomic mass is 79.9. The highest BCUT2D eigenvalue weighted by Crippen LogP contribution is 2.20. The van der Waals surface area contributed by atoms with E-state index in [9.17, 15) is 13.2 Å². The molecule has 1 N–H and O–H groups in total. The Labute approximate surface area is 151 Å². The van der Waals surface area contributed by atoms with Crippen LogP contribution in [0.2, 0.25) is 0 Å². The van der Waals surface area contributed by atoms with Crippen LogP contribution in [0.5, 0.6) is 0 Å². The van der Waals surface area contributed by atoms with Crippen LogP contribution in [0.1, 0.15) is 31.7 Å². The normalized spacial score (nSPS) is 19.7. The third kappa shape index (κ3) is 5.27. The summed E-state index contributed by atoms with van der Waals surface area (Å²) in [6, 6.07) is 4.88. The third-order valence-corrected chi connectivity index (χ3v) is 5.83. The number of rotatable bonds is 6. The van der Waals surface area contributed by atoms with E-state index in [0.717, 1.165) is 19.3 Å². The number of sulfonamides is 1. The summed E-state index contributed by atoms with van der Waals surface area (Å²) in [5.41, 5.74) is 0.558. The minimum atomic E-state index is -3.94. The molecule has 8 heteroatoms. The Morgan fingerprint density at radius 3 is 2.88 bits per heavy atom. The molecule has 6 nitrogen and oxygen atoms in total. The van der Waals surface area contributed by atoms with Crippen LogP contribution in [-0.4, -0.2) is 39.7 Å². The predicted octanol–water partition coefficient (Wildman–Crippen LogP) is 2.54. The highest BCUT2D eigenvalue weighted by molar-refractivity contribution is 9.10. The zero-order chi connectivity index (χ0) is 17.7. The number of aryl methyl sites for hydroxylation is 1. The van der Waals surface area contributed by atoms with Crippen molar-refractivity contribution in [2.75, 3.05) is 13.2 Å². The Bertz CT molecular complexity index is 686. The predicted molar refractivity (Wildman–Crippen MR) is 93.2 cm³/mol. The number of hydrogen-bond donors (Lipinski definition) is 1. The number of carbonyl (C=O) groups is 1. The first-order valence-corrected chi connectivity index (χ1v) is 10.1. The van der Waals surface area contributed by atoms with Crippen LogP contribution in [0.4, 0.5) is 0 Å². The van der Waals surface area contributed by atoms with E-state index >= 15 is 0 Å². The fraction of sp³-hybridized carbons (Fsp3) is 0.562. The maximum atomic E-state index is 12.4. The lowest BCUT2D eigenvalue weighted by atomic mass is 10.1. The fourth-order valence-corrected chi connectivity index (χ4v) is 4.23. The number of benzene rings is 1. The average Bonchev–Trinajstić information content (AvgIpc) is 2.55. The largest absolute Gasteiger partial charge is 0.376 e. The van der Waals surface area contributed by atoms with Gasteiger partial charge in [0, 0.05) is 11.1 Å². The zero-order valence-corrected chi connectivity index (χ0v) is 16.2. The number of halogens is 1. The lowest BCUT2D eigenvalue weighted by Gasteiger charge is -2.23. The summed E-state index contributed by atoms with van der Waals surface area (Å²) in [5.74, 6) is -0.690. The van der Waals surface area contributed by atoms with Gasteiger partial charge in [-0.25, -0.2) is 13.1 Å². The topological polar surface area (TPSA) is 81.7 Å². The molecular weight excluding hydrogens is 398 g/mol. The second kappa shape index (κ2) is 8.42. The first-order valence-electron chi connectivity index (χ1n) is 7.85. The van der Waals surface area contributed by atoms with Crippen LogP contribution >= 0.6 is 15.9 Å². The molecule has 0 radical (unpaired) electrons. The third-order valence-electron chi connectivity index (χ3n) is 3.85. The zero-order valence-electron chi connectivity index (χ0n) is 13.7. The molecule has 0 bridgehead atoms. The highest BCUT2D eigenvalue weighted by Gasteiger charge is 2.25. The number of ether oxygens (including phenoxy) is 2. The van der Waals surface area contributed by atoms with Crippen LogP contribution < -0.4 is 4.72 Å². The van der Waals surface area contributed by atoms with E-state index in [0.29, 0.717) is 16.6 Å². The quantitative estimate of drug-likeness (QED) is 0.765. The first kappa shape index (κ1) is 19.4. The second-order valence-corrected chi connectivity index (χ2v) is 8.41. The Morgan fingerprint density at radius 2 is 2.21 bits per heavy atom. The second-order valence-electron chi connectivity index (χ2n) is 5.84. The molecule has 2 rings (SSSR count). The molecule has 1 aromatic carbocycles. The van der Waals surface area contributed by atoms with Gasteiger partial charge in [-0.1, -0.05) is 22.0 Å². The summed E-state index contributed by atoms with van der Waals surface area (Å²) >= 11 is 3.24. The van der Waals surface area contributed by atoms with Crippen LogP contribution in [0.15, 0.2) is 27.6 Å². The Kier molecular flexibility index (Phi) is 6.79. The summed E-state index contributed by atoms with van der Waals surface area (Å²) in [6.45, 7) is 4.18. The Balaban J connectivity index is 1.95. The summed E-state index contributed by atoms with van der Waals surface area (Å²) < 4.78 is 38.5. The van der Waals surface area contributed by atoms with Gasteiger partial charge in [-0.3, -0.25) is 4.79 Å². The monoisotopic (exact) mass is 419 g/mol. The number of amides is 1. The molecule has 0 aliphatic carbocycles. The molecule has 1 saturated heterocycles. The number of nitrogens with one attached hydrogen (secondary N) is 1. The van der Waals surface area contributed by atoms with Crippen LogP contribution in [0.3, 0.4) is 0 Å². The van der Waals surface area contributed by atoms with Crippen molar-refractivity contribution in [3.63, 3.8) is 0 Å². The fourth-order valence-electron chi connectivity index (χ4n) is 2.40. The minimum absolute atomic E-state index is 0.0297. The van der Waals surface area contributed by atoms with E-state index in [1.165, 1.54) is 13.0 Å². The van der Waals surface area contributed by atoms with Gasteiger partial charge in [-0.05, 0) is 50.8 Å². The van der Waals surface area contributed by atoms with Gasteiger partial charge in [-0.15, -0.1) is 0 Å². The molecule has 24 heavy (non-hydrogen) atoms. The van der Waals surface area contributed by atoms with Crippen LogP contribution in [0, 0.1) is 6.92 Å². The van der Waals surface area contributed by atoms with Gasteiger partial charge in [0.2, 0.25) is 0 Å². The molecular formula is C16H22BrNO5S. The molecule has 1 amide bonds. The van der Waals surface area contributed by atoms with Gasteiger partial charge < -0.3 is 9.47 Å². The lowest BCUT2D eigenvalue weighted by molar-refractivity contribution is -0.133. The van der Waals surface area contributed by atoms with Crippen LogP contribution in [-0.2, 0) is 24.3 Å². The summed E-state index contributed by atoms with van der Waals surface area (Å²) in [7, 11) is -3.94. The van der Waals surface area contributed by atoms with E-state index in [4.69, 9.17) is 9.47 Å². The number of carbonyl (C=O) groups excluding carboxylic acids is 1. The summed E-state index contributed by atoms with van der Waals surface area (Å²) in [6.07, 6.45) is 2.10. The van der Waals surface area contributed by atoms with Crippen molar-refractivity contribution < 1.29 is 22.7 Å². The van der Waals surface area contributed by atoms with Gasteiger partial charge in [0.25, 0.3) is 15.9 Å². The molecule has 1 aliphatic rings. The molecule has 1 aromatic rings. The van der Waals surface area contributed by atoms with Crippen molar-refractivity contribution in [2.24, 2.45) is 0 Å². The van der Waals surface area contributed by atoms with Crippen molar-refractivity contribution in [1.82, 2.24) is 4.72 Å². The van der Waals surface area contributed by atoms with Gasteiger partial charge >= 0.3 is 0 Å². The maximum absolute atomic E-state index is 12.4. The minimum Gasteiger partial charge on any atom is -0.376 e. The number of hydrogen-bond acceptors (Lipinski definition) is 5. The first-order chi connectivity index (χ1) is 11.3. The smallest absolute Gasteiger partial charge is 0.264 e. The van der Waals surface area contributed by atoms with Crippen molar-refractivity contribution in [2.45, 2.75) is 50.2 Å². The summed E-state index contributed by atoms with van der Waals surface area (Å²) in [5, 5.41) is 0. The van der Waals surface area contributed by atoms with Crippen molar-refractivity contribution in [1.29, 1.82) is 0 Å². The standard InChI is InChI=1S/C16H22BrNO5S/c1-11-6-7-13(17)9-15(11)24(20,21)18-16(19)12(2)23-10-14-5-3-4-8-22-14/h6-7,9,12,14H,3-5,8,10H2,1-2H3,(H,18,19)/t12-,14+/m0/s1. The van der Waals surface area contributed by atoms with Gasteiger partial charge in [-0.2, -0.15) is 0 Å². The summed E-state index contributed by atoms with van der Waals surface area (Å²) in [4.78, 5) is 12.2. The molecule has 2 atom stereocenters. The van der Waals surface area contributed by atoms with Crippen molar-refractivity contribution >= 4 is 31.9 Å². The average molecular weight is 420 g/mol. The molecule has 1 fully saturated rings. The van der Waals surface area contributed by atoms with E-state index in [1.807, 2.05) is 0 Å². The van der Waals surface area contributed by atoms with Crippen LogP contribution in [0.25, 0.3) is 0 Å². The molecule has 134 valence electrons. The van der Waals surface area contributed by atoms with E-state index in [2.05, 4.69) is 20.7 Å². The molecule has 1 heterocycles. The van der Waals surface area contributed by atoms with Gasteiger partial charge in [0.15, 0.2) is 0 Å². The van der Waals surface area contributed by atoms with E-state index in [-0.39, 0.29) is 17.6 Å². The SMILES string of the molecule is Cc1ccc(Br)cc1S(=O)(=O)NC(=O)[C@H](C)OC[C@H]1CCCCO1. The maximum Gasteiger partial charge on any atom is 0.264 e. The van der Waals surface area contributed by atoms with E-state index < -0.39 is 22.0 Å². The van der Waals surface area contributed by atoms with Gasteiger partial charge in [0.05, 0.1) is 17.6 Å². The van der Waals surface area contributed by atoms with E-state index in [1.54, 1.807) is 19.1 Å². The molecule has 0 aromatic heterocycles. The molecule has 0 saturated carbocycles.